The molecule has 1 aromatic carbocycles. The van der Waals surface area contributed by atoms with Crippen molar-refractivity contribution in [1.82, 2.24) is 0 Å². The summed E-state index contributed by atoms with van der Waals surface area (Å²) in [5, 5.41) is 0. The van der Waals surface area contributed by atoms with Crippen LogP contribution in [0.2, 0.25) is 0 Å². The maximum Gasteiger partial charge on any atom is 0.127 e. The van der Waals surface area contributed by atoms with Crippen molar-refractivity contribution in [2.45, 2.75) is 11.8 Å². The van der Waals surface area contributed by atoms with Gasteiger partial charge in [-0.2, -0.15) is 0 Å². The SMILES string of the molecule is CSc1ccc(C)c(F)c1. The van der Waals surface area contributed by atoms with E-state index in [0.29, 0.717) is 5.56 Å². The Hall–Kier alpha value is -0.500. The van der Waals surface area contributed by atoms with Crippen LogP contribution in [0.25, 0.3) is 0 Å². The van der Waals surface area contributed by atoms with Crippen molar-refractivity contribution in [3.8, 4) is 0 Å². The first-order valence-electron chi connectivity index (χ1n) is 3.04. The van der Waals surface area contributed by atoms with Gasteiger partial charge >= 0.3 is 0 Å². The van der Waals surface area contributed by atoms with Crippen LogP contribution in [0.1, 0.15) is 5.56 Å². The highest BCUT2D eigenvalue weighted by atomic mass is 32.2. The molecule has 2 heteroatoms. The lowest BCUT2D eigenvalue weighted by molar-refractivity contribution is 0.615. The van der Waals surface area contributed by atoms with Crippen molar-refractivity contribution in [1.29, 1.82) is 0 Å². The zero-order valence-electron chi connectivity index (χ0n) is 6.02. The second-order valence-electron chi connectivity index (χ2n) is 2.12. The molecule has 1 aromatic rings. The number of rotatable bonds is 1. The molecule has 0 saturated heterocycles. The van der Waals surface area contributed by atoms with Crippen molar-refractivity contribution in [2.75, 3.05) is 6.26 Å². The highest BCUT2D eigenvalue weighted by molar-refractivity contribution is 7.98. The summed E-state index contributed by atoms with van der Waals surface area (Å²) < 4.78 is 12.8. The second kappa shape index (κ2) is 3.06. The molecule has 0 aliphatic rings. The van der Waals surface area contributed by atoms with E-state index in [0.717, 1.165) is 4.90 Å². The van der Waals surface area contributed by atoms with Gasteiger partial charge in [0.2, 0.25) is 0 Å². The van der Waals surface area contributed by atoms with Gasteiger partial charge in [-0.05, 0) is 30.9 Å². The van der Waals surface area contributed by atoms with E-state index in [2.05, 4.69) is 0 Å². The average molecular weight is 156 g/mol. The molecule has 0 nitrogen and oxygen atoms in total. The molecule has 0 amide bonds. The van der Waals surface area contributed by atoms with Gasteiger partial charge in [-0.1, -0.05) is 6.07 Å². The molecule has 0 heterocycles. The Bertz CT molecular complexity index is 233. The first kappa shape index (κ1) is 7.61. The molecule has 54 valence electrons. The van der Waals surface area contributed by atoms with Crippen LogP contribution in [0, 0.1) is 12.7 Å². The fourth-order valence-electron chi connectivity index (χ4n) is 0.701. The zero-order chi connectivity index (χ0) is 7.56. The van der Waals surface area contributed by atoms with Gasteiger partial charge in [0, 0.05) is 4.90 Å². The molecule has 0 atom stereocenters. The van der Waals surface area contributed by atoms with Gasteiger partial charge in [-0.15, -0.1) is 11.8 Å². The normalized spacial score (nSPS) is 9.90. The van der Waals surface area contributed by atoms with E-state index in [4.69, 9.17) is 0 Å². The standard InChI is InChI=1S/C8H9FS/c1-6-3-4-7(10-2)5-8(6)9/h3-5H,1-2H3. The Labute approximate surface area is 64.4 Å². The van der Waals surface area contributed by atoms with Gasteiger partial charge in [0.15, 0.2) is 0 Å². The number of hydrogen-bond donors (Lipinski definition) is 0. The van der Waals surface area contributed by atoms with E-state index in [9.17, 15) is 4.39 Å². The van der Waals surface area contributed by atoms with E-state index < -0.39 is 0 Å². The molecule has 0 bridgehead atoms. The van der Waals surface area contributed by atoms with Crippen LogP contribution in [0.3, 0.4) is 0 Å². The monoisotopic (exact) mass is 156 g/mol. The Morgan fingerprint density at radius 3 is 2.60 bits per heavy atom. The molecule has 0 fully saturated rings. The van der Waals surface area contributed by atoms with E-state index in [1.807, 2.05) is 12.3 Å². The molecule has 0 aliphatic carbocycles. The van der Waals surface area contributed by atoms with Crippen molar-refractivity contribution in [3.05, 3.63) is 29.6 Å². The van der Waals surface area contributed by atoms with Crippen molar-refractivity contribution >= 4 is 11.8 Å². The maximum atomic E-state index is 12.8. The van der Waals surface area contributed by atoms with Crippen LogP contribution in [0.5, 0.6) is 0 Å². The number of benzene rings is 1. The molecule has 0 spiro atoms. The molecule has 0 unspecified atom stereocenters. The molecule has 0 saturated carbocycles. The van der Waals surface area contributed by atoms with E-state index >= 15 is 0 Å². The van der Waals surface area contributed by atoms with Gasteiger partial charge in [0.25, 0.3) is 0 Å². The minimum atomic E-state index is -0.119. The zero-order valence-corrected chi connectivity index (χ0v) is 6.83. The number of thioether (sulfide) groups is 1. The number of aryl methyl sites for hydroxylation is 1. The van der Waals surface area contributed by atoms with Crippen LogP contribution < -0.4 is 0 Å². The van der Waals surface area contributed by atoms with E-state index in [1.165, 1.54) is 0 Å². The topological polar surface area (TPSA) is 0 Å². The Balaban J connectivity index is 3.04. The highest BCUT2D eigenvalue weighted by Gasteiger charge is 1.96. The van der Waals surface area contributed by atoms with Crippen LogP contribution in [-0.4, -0.2) is 6.26 Å². The minimum Gasteiger partial charge on any atom is -0.207 e. The minimum absolute atomic E-state index is 0.119. The first-order valence-corrected chi connectivity index (χ1v) is 4.26. The summed E-state index contributed by atoms with van der Waals surface area (Å²) in [6.45, 7) is 1.76. The lowest BCUT2D eigenvalue weighted by Gasteiger charge is -1.97. The fourth-order valence-corrected chi connectivity index (χ4v) is 1.13. The summed E-state index contributed by atoms with van der Waals surface area (Å²) in [6.07, 6.45) is 1.93. The summed E-state index contributed by atoms with van der Waals surface area (Å²) in [4.78, 5) is 0.975. The third-order valence-corrected chi connectivity index (χ3v) is 2.10. The maximum absolute atomic E-state index is 12.8. The molecule has 0 aromatic heterocycles. The molecule has 1 rings (SSSR count). The second-order valence-corrected chi connectivity index (χ2v) is 2.99. The van der Waals surface area contributed by atoms with Crippen molar-refractivity contribution < 1.29 is 4.39 Å². The Morgan fingerprint density at radius 2 is 2.10 bits per heavy atom. The summed E-state index contributed by atoms with van der Waals surface area (Å²) >= 11 is 1.55. The van der Waals surface area contributed by atoms with Gasteiger partial charge in [-0.25, -0.2) is 4.39 Å². The number of halogens is 1. The van der Waals surface area contributed by atoms with E-state index in [1.54, 1.807) is 30.8 Å². The third-order valence-electron chi connectivity index (χ3n) is 1.38. The molecule has 0 aliphatic heterocycles. The first-order chi connectivity index (χ1) is 4.74. The quantitative estimate of drug-likeness (QED) is 0.563. The van der Waals surface area contributed by atoms with Crippen LogP contribution >= 0.6 is 11.8 Å². The van der Waals surface area contributed by atoms with Crippen molar-refractivity contribution in [3.63, 3.8) is 0 Å². The molecule has 0 radical (unpaired) electrons. The van der Waals surface area contributed by atoms with Crippen LogP contribution in [0.4, 0.5) is 4.39 Å². The van der Waals surface area contributed by atoms with Gasteiger partial charge in [0.05, 0.1) is 0 Å². The smallest absolute Gasteiger partial charge is 0.127 e. The molecular weight excluding hydrogens is 147 g/mol. The predicted molar refractivity (Wildman–Crippen MR) is 42.9 cm³/mol. The Morgan fingerprint density at radius 1 is 1.40 bits per heavy atom. The molecular formula is C8H9FS. The van der Waals surface area contributed by atoms with Gasteiger partial charge in [0.1, 0.15) is 5.82 Å². The van der Waals surface area contributed by atoms with Crippen LogP contribution in [0.15, 0.2) is 23.1 Å². The van der Waals surface area contributed by atoms with Crippen molar-refractivity contribution in [2.24, 2.45) is 0 Å². The summed E-state index contributed by atoms with van der Waals surface area (Å²) in [5.41, 5.74) is 0.706. The highest BCUT2D eigenvalue weighted by Crippen LogP contribution is 2.17. The van der Waals surface area contributed by atoms with E-state index in [-0.39, 0.29) is 5.82 Å². The largest absolute Gasteiger partial charge is 0.207 e. The average Bonchev–Trinajstić information content (AvgIpc) is 1.95. The Kier molecular flexibility index (Phi) is 2.33. The molecule has 10 heavy (non-hydrogen) atoms. The summed E-state index contributed by atoms with van der Waals surface area (Å²) in [7, 11) is 0. The number of hydrogen-bond acceptors (Lipinski definition) is 1. The summed E-state index contributed by atoms with van der Waals surface area (Å²) in [6, 6.07) is 5.27. The van der Waals surface area contributed by atoms with Gasteiger partial charge < -0.3 is 0 Å². The van der Waals surface area contributed by atoms with Gasteiger partial charge in [-0.3, -0.25) is 0 Å². The lowest BCUT2D eigenvalue weighted by Crippen LogP contribution is -1.80. The molecule has 0 N–H and O–H groups in total. The van der Waals surface area contributed by atoms with Crippen LogP contribution in [-0.2, 0) is 0 Å². The fraction of sp³-hybridized carbons (Fsp3) is 0.250. The lowest BCUT2D eigenvalue weighted by atomic mass is 10.2. The third kappa shape index (κ3) is 1.51. The predicted octanol–water partition coefficient (Wildman–Crippen LogP) is 2.86. The summed E-state index contributed by atoms with van der Waals surface area (Å²) in [5.74, 6) is -0.119.